The van der Waals surface area contributed by atoms with Crippen molar-refractivity contribution in [2.45, 2.75) is 33.1 Å². The van der Waals surface area contributed by atoms with Crippen LogP contribution in [0.5, 0.6) is 0 Å². The first-order chi connectivity index (χ1) is 9.97. The number of thiophene rings is 2. The number of hydrogen-bond acceptors (Lipinski definition) is 4. The molecule has 110 valence electrons. The smallest absolute Gasteiger partial charge is 0.338 e. The van der Waals surface area contributed by atoms with Crippen molar-refractivity contribution in [2.24, 2.45) is 0 Å². The molecule has 6 heteroatoms. The quantitative estimate of drug-likeness (QED) is 0.902. The Balaban J connectivity index is 1.87. The lowest BCUT2D eigenvalue weighted by atomic mass is 10.1. The highest BCUT2D eigenvalue weighted by atomic mass is 32.1. The topological polar surface area (TPSA) is 66.4 Å². The summed E-state index contributed by atoms with van der Waals surface area (Å²) in [6.07, 6.45) is 3.25. The number of fused-ring (bicyclic) bond motifs is 1. The normalized spacial score (nSPS) is 13.2. The van der Waals surface area contributed by atoms with E-state index in [4.69, 9.17) is 0 Å². The zero-order valence-corrected chi connectivity index (χ0v) is 13.4. The Kier molecular flexibility index (Phi) is 3.59. The molecule has 3 rings (SSSR count). The van der Waals surface area contributed by atoms with E-state index in [-0.39, 0.29) is 11.5 Å². The lowest BCUT2D eigenvalue weighted by Crippen LogP contribution is -2.12. The van der Waals surface area contributed by atoms with Crippen LogP contribution in [0.3, 0.4) is 0 Å². The van der Waals surface area contributed by atoms with Crippen LogP contribution < -0.4 is 5.32 Å². The fourth-order valence-corrected chi connectivity index (χ4v) is 4.77. The Bertz CT molecular complexity index is 721. The average molecular weight is 321 g/mol. The number of carbonyl (C=O) groups excluding carboxylic acids is 1. The first kappa shape index (κ1) is 14.3. The Morgan fingerprint density at radius 1 is 1.24 bits per heavy atom. The molecule has 0 saturated heterocycles. The van der Waals surface area contributed by atoms with Gasteiger partial charge in [-0.2, -0.15) is 0 Å². The summed E-state index contributed by atoms with van der Waals surface area (Å²) >= 11 is 2.83. The SMILES string of the molecule is Cc1sc(NC(=O)c2cc3c(s2)CCC3)c(C(=O)O)c1C. The van der Waals surface area contributed by atoms with Gasteiger partial charge in [-0.25, -0.2) is 4.79 Å². The minimum absolute atomic E-state index is 0.204. The molecule has 0 spiro atoms. The second-order valence-electron chi connectivity index (χ2n) is 5.16. The number of aryl methyl sites for hydroxylation is 3. The van der Waals surface area contributed by atoms with E-state index in [0.29, 0.717) is 9.88 Å². The fourth-order valence-electron chi connectivity index (χ4n) is 2.58. The molecule has 0 aromatic carbocycles. The Labute approximate surface area is 130 Å². The molecule has 0 unspecified atom stereocenters. The molecule has 0 fully saturated rings. The molecule has 2 aromatic rings. The predicted octanol–water partition coefficient (Wildman–Crippen LogP) is 3.87. The van der Waals surface area contributed by atoms with E-state index in [1.54, 1.807) is 6.92 Å². The van der Waals surface area contributed by atoms with E-state index < -0.39 is 5.97 Å². The van der Waals surface area contributed by atoms with Gasteiger partial charge in [0.2, 0.25) is 0 Å². The van der Waals surface area contributed by atoms with Gasteiger partial charge in [0.25, 0.3) is 5.91 Å². The van der Waals surface area contributed by atoms with Crippen molar-refractivity contribution >= 4 is 39.6 Å². The van der Waals surface area contributed by atoms with Crippen LogP contribution in [0.2, 0.25) is 0 Å². The standard InChI is InChI=1S/C15H15NO3S2/c1-7-8(2)20-14(12(7)15(18)19)16-13(17)11-6-9-4-3-5-10(9)21-11/h6H,3-5H2,1-2H3,(H,16,17)(H,18,19). The van der Waals surface area contributed by atoms with Crippen molar-refractivity contribution in [1.82, 2.24) is 0 Å². The maximum Gasteiger partial charge on any atom is 0.338 e. The molecular weight excluding hydrogens is 306 g/mol. The minimum Gasteiger partial charge on any atom is -0.478 e. The van der Waals surface area contributed by atoms with Crippen LogP contribution in [0.15, 0.2) is 6.07 Å². The molecule has 0 radical (unpaired) electrons. The van der Waals surface area contributed by atoms with Gasteiger partial charge in [0.05, 0.1) is 10.4 Å². The Morgan fingerprint density at radius 3 is 2.67 bits per heavy atom. The highest BCUT2D eigenvalue weighted by molar-refractivity contribution is 7.17. The van der Waals surface area contributed by atoms with E-state index in [1.807, 2.05) is 13.0 Å². The summed E-state index contributed by atoms with van der Waals surface area (Å²) in [5, 5.41) is 12.5. The molecule has 1 aliphatic rings. The summed E-state index contributed by atoms with van der Waals surface area (Å²) in [7, 11) is 0. The van der Waals surface area contributed by atoms with Crippen LogP contribution in [-0.2, 0) is 12.8 Å². The molecule has 0 atom stereocenters. The number of carboxylic acids is 1. The first-order valence-corrected chi connectivity index (χ1v) is 8.37. The van der Waals surface area contributed by atoms with Crippen LogP contribution in [0, 0.1) is 13.8 Å². The predicted molar refractivity (Wildman–Crippen MR) is 85.0 cm³/mol. The number of rotatable bonds is 3. The Morgan fingerprint density at radius 2 is 2.00 bits per heavy atom. The maximum absolute atomic E-state index is 12.3. The summed E-state index contributed by atoms with van der Waals surface area (Å²) in [6, 6.07) is 1.94. The van der Waals surface area contributed by atoms with E-state index in [0.717, 1.165) is 29.7 Å². The second-order valence-corrected chi connectivity index (χ2v) is 7.52. The number of amides is 1. The maximum atomic E-state index is 12.3. The van der Waals surface area contributed by atoms with Crippen LogP contribution in [0.4, 0.5) is 5.00 Å². The molecule has 21 heavy (non-hydrogen) atoms. The van der Waals surface area contributed by atoms with Crippen molar-refractivity contribution in [3.05, 3.63) is 37.4 Å². The lowest BCUT2D eigenvalue weighted by Gasteiger charge is -2.03. The largest absolute Gasteiger partial charge is 0.478 e. The molecular formula is C15H15NO3S2. The lowest BCUT2D eigenvalue weighted by molar-refractivity contribution is 0.0697. The third-order valence-electron chi connectivity index (χ3n) is 3.80. The van der Waals surface area contributed by atoms with Crippen molar-refractivity contribution in [3.63, 3.8) is 0 Å². The number of aromatic carboxylic acids is 1. The minimum atomic E-state index is -0.999. The number of hydrogen-bond donors (Lipinski definition) is 2. The van der Waals surface area contributed by atoms with E-state index in [1.165, 1.54) is 33.1 Å². The molecule has 0 saturated carbocycles. The van der Waals surface area contributed by atoms with Crippen molar-refractivity contribution in [1.29, 1.82) is 0 Å². The van der Waals surface area contributed by atoms with Crippen LogP contribution in [0.25, 0.3) is 0 Å². The zero-order valence-electron chi connectivity index (χ0n) is 11.8. The van der Waals surface area contributed by atoms with E-state index in [9.17, 15) is 14.7 Å². The van der Waals surface area contributed by atoms with Crippen molar-refractivity contribution in [2.75, 3.05) is 5.32 Å². The van der Waals surface area contributed by atoms with Gasteiger partial charge in [0, 0.05) is 9.75 Å². The summed E-state index contributed by atoms with van der Waals surface area (Å²) in [5.41, 5.74) is 2.19. The van der Waals surface area contributed by atoms with Gasteiger partial charge in [-0.1, -0.05) is 0 Å². The van der Waals surface area contributed by atoms with Crippen LogP contribution in [-0.4, -0.2) is 17.0 Å². The zero-order chi connectivity index (χ0) is 15.1. The third-order valence-corrected chi connectivity index (χ3v) is 6.16. The van der Waals surface area contributed by atoms with Gasteiger partial charge in [-0.15, -0.1) is 22.7 Å². The monoisotopic (exact) mass is 321 g/mol. The van der Waals surface area contributed by atoms with Gasteiger partial charge in [-0.3, -0.25) is 4.79 Å². The average Bonchev–Trinajstić information content (AvgIpc) is 3.03. The van der Waals surface area contributed by atoms with Crippen LogP contribution >= 0.6 is 22.7 Å². The molecule has 4 nitrogen and oxygen atoms in total. The molecule has 2 N–H and O–H groups in total. The summed E-state index contributed by atoms with van der Waals surface area (Å²) in [6.45, 7) is 3.63. The van der Waals surface area contributed by atoms with Gasteiger partial charge in [0.1, 0.15) is 5.00 Å². The highest BCUT2D eigenvalue weighted by Crippen LogP contribution is 2.34. The number of anilines is 1. The van der Waals surface area contributed by atoms with Crippen molar-refractivity contribution in [3.8, 4) is 0 Å². The van der Waals surface area contributed by atoms with E-state index >= 15 is 0 Å². The molecule has 1 amide bonds. The second kappa shape index (κ2) is 5.27. The Hall–Kier alpha value is -1.66. The van der Waals surface area contributed by atoms with E-state index in [2.05, 4.69) is 5.32 Å². The molecule has 2 heterocycles. The number of carboxylic acid groups (broad SMARTS) is 1. The first-order valence-electron chi connectivity index (χ1n) is 6.73. The molecule has 2 aromatic heterocycles. The van der Waals surface area contributed by atoms with Gasteiger partial charge >= 0.3 is 5.97 Å². The number of nitrogens with one attached hydrogen (secondary N) is 1. The summed E-state index contributed by atoms with van der Waals surface area (Å²) < 4.78 is 0. The van der Waals surface area contributed by atoms with Gasteiger partial charge < -0.3 is 10.4 Å². The molecule has 0 aliphatic heterocycles. The summed E-state index contributed by atoms with van der Waals surface area (Å²) in [5.74, 6) is -1.21. The summed E-state index contributed by atoms with van der Waals surface area (Å²) in [4.78, 5) is 26.5. The molecule has 1 aliphatic carbocycles. The van der Waals surface area contributed by atoms with Gasteiger partial charge in [-0.05, 0) is 50.3 Å². The number of carbonyl (C=O) groups is 2. The van der Waals surface area contributed by atoms with Crippen molar-refractivity contribution < 1.29 is 14.7 Å². The van der Waals surface area contributed by atoms with Gasteiger partial charge in [0.15, 0.2) is 0 Å². The highest BCUT2D eigenvalue weighted by Gasteiger charge is 2.23. The van der Waals surface area contributed by atoms with Crippen LogP contribution in [0.1, 0.15) is 47.3 Å². The molecule has 0 bridgehead atoms. The fraction of sp³-hybridized carbons (Fsp3) is 0.333. The third kappa shape index (κ3) is 2.49.